The summed E-state index contributed by atoms with van der Waals surface area (Å²) >= 11 is 0. The first-order chi connectivity index (χ1) is 9.85. The number of likely N-dealkylation sites (N-methyl/N-ethyl adjacent to an activating group) is 1. The van der Waals surface area contributed by atoms with Crippen molar-refractivity contribution >= 4 is 0 Å². The summed E-state index contributed by atoms with van der Waals surface area (Å²) in [7, 11) is 0. The van der Waals surface area contributed by atoms with Crippen LogP contribution in [0.2, 0.25) is 0 Å². The minimum absolute atomic E-state index is 0.160. The predicted molar refractivity (Wildman–Crippen MR) is 69.3 cm³/mol. The maximum absolute atomic E-state index is 13.1. The Balaban J connectivity index is 2.50. The number of hydrogen-bond donors (Lipinski definition) is 1. The van der Waals surface area contributed by atoms with Crippen molar-refractivity contribution in [2.24, 2.45) is 0 Å². The third kappa shape index (κ3) is 6.39. The molecule has 1 rings (SSSR count). The minimum Gasteiger partial charge on any atom is -0.373 e. The van der Waals surface area contributed by atoms with Gasteiger partial charge in [0, 0.05) is 6.04 Å². The molecule has 0 aliphatic heterocycles. The van der Waals surface area contributed by atoms with E-state index in [4.69, 9.17) is 4.74 Å². The van der Waals surface area contributed by atoms with Crippen molar-refractivity contribution in [1.82, 2.24) is 5.32 Å². The van der Waals surface area contributed by atoms with Gasteiger partial charge in [-0.15, -0.1) is 0 Å². The van der Waals surface area contributed by atoms with E-state index in [0.29, 0.717) is 18.5 Å². The van der Waals surface area contributed by atoms with E-state index >= 15 is 0 Å². The summed E-state index contributed by atoms with van der Waals surface area (Å²) in [5.74, 6) is -4.55. The minimum atomic E-state index is -4.16. The second-order valence-electron chi connectivity index (χ2n) is 4.67. The summed E-state index contributed by atoms with van der Waals surface area (Å²) in [6, 6.07) is 5.51. The SMILES string of the molecule is CCNC(COCC(F)(F)C(F)F)Cc1cccc(F)c1. The molecule has 0 aliphatic carbocycles. The second kappa shape index (κ2) is 8.29. The summed E-state index contributed by atoms with van der Waals surface area (Å²) in [5.41, 5.74) is 0.671. The van der Waals surface area contributed by atoms with Gasteiger partial charge in [0.05, 0.1) is 6.61 Å². The van der Waals surface area contributed by atoms with Gasteiger partial charge in [0.15, 0.2) is 0 Å². The lowest BCUT2D eigenvalue weighted by Crippen LogP contribution is -2.38. The average Bonchev–Trinajstić information content (AvgIpc) is 2.38. The van der Waals surface area contributed by atoms with E-state index in [0.717, 1.165) is 0 Å². The zero-order valence-electron chi connectivity index (χ0n) is 11.6. The van der Waals surface area contributed by atoms with Gasteiger partial charge in [-0.2, -0.15) is 8.78 Å². The molecule has 0 amide bonds. The van der Waals surface area contributed by atoms with Crippen LogP contribution < -0.4 is 5.32 Å². The van der Waals surface area contributed by atoms with Gasteiger partial charge in [0.25, 0.3) is 0 Å². The lowest BCUT2D eigenvalue weighted by atomic mass is 10.1. The van der Waals surface area contributed by atoms with Crippen LogP contribution in [0.5, 0.6) is 0 Å². The Hall–Kier alpha value is -1.21. The molecule has 0 heterocycles. The third-order valence-electron chi connectivity index (χ3n) is 2.80. The number of hydrogen-bond acceptors (Lipinski definition) is 2. The Morgan fingerprint density at radius 3 is 2.57 bits per heavy atom. The van der Waals surface area contributed by atoms with Crippen molar-refractivity contribution in [3.05, 3.63) is 35.6 Å². The van der Waals surface area contributed by atoms with Gasteiger partial charge in [-0.1, -0.05) is 19.1 Å². The Bertz CT molecular complexity index is 428. The smallest absolute Gasteiger partial charge is 0.330 e. The lowest BCUT2D eigenvalue weighted by molar-refractivity contribution is -0.167. The fraction of sp³-hybridized carbons (Fsp3) is 0.571. The lowest BCUT2D eigenvalue weighted by Gasteiger charge is -2.20. The first-order valence-electron chi connectivity index (χ1n) is 6.56. The maximum Gasteiger partial charge on any atom is 0.330 e. The molecule has 0 bridgehead atoms. The molecule has 0 saturated carbocycles. The Morgan fingerprint density at radius 2 is 2.00 bits per heavy atom. The number of benzene rings is 1. The fourth-order valence-corrected chi connectivity index (χ4v) is 1.83. The summed E-state index contributed by atoms with van der Waals surface area (Å²) < 4.78 is 67.2. The second-order valence-corrected chi connectivity index (χ2v) is 4.67. The molecular weight excluding hydrogens is 293 g/mol. The van der Waals surface area contributed by atoms with Crippen LogP contribution in [0.15, 0.2) is 24.3 Å². The van der Waals surface area contributed by atoms with Gasteiger partial charge < -0.3 is 10.1 Å². The van der Waals surface area contributed by atoms with Crippen LogP contribution >= 0.6 is 0 Å². The van der Waals surface area contributed by atoms with Crippen LogP contribution in [-0.4, -0.2) is 38.1 Å². The molecule has 1 atom stereocenters. The quantitative estimate of drug-likeness (QED) is 0.707. The molecule has 7 heteroatoms. The molecule has 21 heavy (non-hydrogen) atoms. The van der Waals surface area contributed by atoms with Crippen molar-refractivity contribution in [2.45, 2.75) is 31.7 Å². The molecule has 0 saturated heterocycles. The van der Waals surface area contributed by atoms with Crippen LogP contribution in [0.4, 0.5) is 22.0 Å². The maximum atomic E-state index is 13.1. The molecule has 1 unspecified atom stereocenters. The van der Waals surface area contributed by atoms with Gasteiger partial charge in [0.1, 0.15) is 12.4 Å². The van der Waals surface area contributed by atoms with E-state index < -0.39 is 24.8 Å². The monoisotopic (exact) mass is 311 g/mol. The van der Waals surface area contributed by atoms with E-state index in [1.165, 1.54) is 12.1 Å². The largest absolute Gasteiger partial charge is 0.373 e. The van der Waals surface area contributed by atoms with Gasteiger partial charge in [0.2, 0.25) is 0 Å². The summed E-state index contributed by atoms with van der Waals surface area (Å²) in [4.78, 5) is 0. The van der Waals surface area contributed by atoms with Gasteiger partial charge in [-0.3, -0.25) is 0 Å². The third-order valence-corrected chi connectivity index (χ3v) is 2.80. The predicted octanol–water partition coefficient (Wildman–Crippen LogP) is 3.26. The van der Waals surface area contributed by atoms with Crippen molar-refractivity contribution in [1.29, 1.82) is 0 Å². The number of ether oxygens (including phenoxy) is 1. The first kappa shape index (κ1) is 17.8. The van der Waals surface area contributed by atoms with E-state index in [2.05, 4.69) is 5.32 Å². The zero-order valence-corrected chi connectivity index (χ0v) is 11.6. The molecule has 1 N–H and O–H groups in total. The molecule has 0 fully saturated rings. The highest BCUT2D eigenvalue weighted by molar-refractivity contribution is 5.17. The molecule has 1 aromatic carbocycles. The Labute approximate surface area is 120 Å². The first-order valence-corrected chi connectivity index (χ1v) is 6.56. The van der Waals surface area contributed by atoms with Crippen molar-refractivity contribution in [3.8, 4) is 0 Å². The van der Waals surface area contributed by atoms with Crippen molar-refractivity contribution in [3.63, 3.8) is 0 Å². The van der Waals surface area contributed by atoms with E-state index in [9.17, 15) is 22.0 Å². The molecule has 0 spiro atoms. The van der Waals surface area contributed by atoms with E-state index in [1.54, 1.807) is 12.1 Å². The highest BCUT2D eigenvalue weighted by Crippen LogP contribution is 2.22. The molecule has 2 nitrogen and oxygen atoms in total. The highest BCUT2D eigenvalue weighted by Gasteiger charge is 2.41. The van der Waals surface area contributed by atoms with Crippen molar-refractivity contribution in [2.75, 3.05) is 19.8 Å². The van der Waals surface area contributed by atoms with Gasteiger partial charge >= 0.3 is 12.3 Å². The molecular formula is C14H18F5NO. The molecule has 0 aromatic heterocycles. The van der Waals surface area contributed by atoms with Gasteiger partial charge in [-0.05, 0) is 30.7 Å². The topological polar surface area (TPSA) is 21.3 Å². The van der Waals surface area contributed by atoms with E-state index in [1.807, 2.05) is 6.92 Å². The standard InChI is InChI=1S/C14H18F5NO/c1-2-20-12(7-10-4-3-5-11(15)6-10)8-21-9-14(18,19)13(16)17/h3-6,12-13,20H,2,7-9H2,1H3. The fourth-order valence-electron chi connectivity index (χ4n) is 1.83. The summed E-state index contributed by atoms with van der Waals surface area (Å²) in [6.07, 6.45) is -3.40. The Kier molecular flexibility index (Phi) is 7.04. The Morgan fingerprint density at radius 1 is 1.29 bits per heavy atom. The average molecular weight is 311 g/mol. The van der Waals surface area contributed by atoms with Crippen molar-refractivity contribution < 1.29 is 26.7 Å². The molecule has 0 aliphatic rings. The number of alkyl halides is 4. The summed E-state index contributed by atoms with van der Waals surface area (Å²) in [6.45, 7) is 0.864. The molecule has 0 radical (unpaired) electrons. The van der Waals surface area contributed by atoms with Crippen LogP contribution in [-0.2, 0) is 11.2 Å². The molecule has 1 aromatic rings. The number of halogens is 5. The zero-order chi connectivity index (χ0) is 15.9. The molecule has 120 valence electrons. The number of rotatable bonds is 9. The van der Waals surface area contributed by atoms with Crippen LogP contribution in [0, 0.1) is 5.82 Å². The van der Waals surface area contributed by atoms with Crippen LogP contribution in [0.1, 0.15) is 12.5 Å². The van der Waals surface area contributed by atoms with Gasteiger partial charge in [-0.25, -0.2) is 13.2 Å². The number of nitrogens with one attached hydrogen (secondary N) is 1. The highest BCUT2D eigenvalue weighted by atomic mass is 19.3. The van der Waals surface area contributed by atoms with Crippen LogP contribution in [0.3, 0.4) is 0 Å². The summed E-state index contributed by atoms with van der Waals surface area (Å²) in [5, 5.41) is 2.99. The van der Waals surface area contributed by atoms with E-state index in [-0.39, 0.29) is 12.6 Å². The van der Waals surface area contributed by atoms with Crippen LogP contribution in [0.25, 0.3) is 0 Å². The normalized spacial score (nSPS) is 13.7.